The summed E-state index contributed by atoms with van der Waals surface area (Å²) in [4.78, 5) is 10.2. The number of benzene rings is 1. The second-order valence-electron chi connectivity index (χ2n) is 5.25. The van der Waals surface area contributed by atoms with Gasteiger partial charge >= 0.3 is 0 Å². The number of nitrogens with zero attached hydrogens (tertiary/aromatic N) is 1. The van der Waals surface area contributed by atoms with Crippen LogP contribution in [0.25, 0.3) is 0 Å². The fraction of sp³-hybridized carbons (Fsp3) is 0.571. The van der Waals surface area contributed by atoms with Crippen molar-refractivity contribution in [2.45, 2.75) is 45.1 Å². The van der Waals surface area contributed by atoms with Crippen molar-refractivity contribution < 1.29 is 4.92 Å². The lowest BCUT2D eigenvalue weighted by molar-refractivity contribution is -0.384. The van der Waals surface area contributed by atoms with Crippen LogP contribution in [0.2, 0.25) is 5.02 Å². The van der Waals surface area contributed by atoms with Crippen LogP contribution in [0, 0.1) is 16.0 Å². The van der Waals surface area contributed by atoms with Crippen molar-refractivity contribution in [2.24, 2.45) is 5.92 Å². The normalized spacial score (nSPS) is 18.0. The molecule has 19 heavy (non-hydrogen) atoms. The summed E-state index contributed by atoms with van der Waals surface area (Å²) in [6.07, 6.45) is 6.43. The molecule has 1 aromatic carbocycles. The Morgan fingerprint density at radius 2 is 2.05 bits per heavy atom. The Labute approximate surface area is 118 Å². The molecule has 0 amide bonds. The molecule has 4 nitrogen and oxygen atoms in total. The lowest BCUT2D eigenvalue weighted by atomic mass is 9.84. The second kappa shape index (κ2) is 6.24. The summed E-state index contributed by atoms with van der Waals surface area (Å²) in [5.41, 5.74) is 0.811. The van der Waals surface area contributed by atoms with Crippen LogP contribution in [0.15, 0.2) is 18.2 Å². The van der Waals surface area contributed by atoms with Crippen LogP contribution < -0.4 is 5.32 Å². The zero-order valence-corrected chi connectivity index (χ0v) is 11.8. The van der Waals surface area contributed by atoms with Crippen molar-refractivity contribution in [3.05, 3.63) is 33.3 Å². The van der Waals surface area contributed by atoms with E-state index in [-0.39, 0.29) is 5.69 Å². The van der Waals surface area contributed by atoms with E-state index in [1.165, 1.54) is 44.2 Å². The Hall–Kier alpha value is -1.29. The standard InChI is InChI=1S/C14H19ClN2O2/c1-10(11-5-3-2-4-6-11)16-14-8-7-12(17(18)19)9-13(14)15/h7-11,16H,2-6H2,1H3. The maximum atomic E-state index is 10.7. The Balaban J connectivity index is 2.03. The number of rotatable bonds is 4. The molecule has 0 saturated heterocycles. The molecule has 0 radical (unpaired) electrons. The van der Waals surface area contributed by atoms with Crippen LogP contribution in [-0.2, 0) is 0 Å². The monoisotopic (exact) mass is 282 g/mol. The van der Waals surface area contributed by atoms with Crippen molar-refractivity contribution in [2.75, 3.05) is 5.32 Å². The highest BCUT2D eigenvalue weighted by atomic mass is 35.5. The van der Waals surface area contributed by atoms with E-state index in [0.29, 0.717) is 17.0 Å². The Morgan fingerprint density at radius 1 is 1.37 bits per heavy atom. The number of anilines is 1. The Kier molecular flexibility index (Phi) is 4.64. The molecule has 5 heteroatoms. The van der Waals surface area contributed by atoms with Crippen LogP contribution in [0.1, 0.15) is 39.0 Å². The van der Waals surface area contributed by atoms with E-state index in [1.54, 1.807) is 6.07 Å². The molecule has 104 valence electrons. The predicted octanol–water partition coefficient (Wildman–Crippen LogP) is 4.63. The number of nitro benzene ring substituents is 1. The number of nitrogens with one attached hydrogen (secondary N) is 1. The van der Waals surface area contributed by atoms with Crippen LogP contribution in [0.4, 0.5) is 11.4 Å². The third kappa shape index (κ3) is 3.60. The van der Waals surface area contributed by atoms with Gasteiger partial charge in [0.05, 0.1) is 15.6 Å². The van der Waals surface area contributed by atoms with E-state index < -0.39 is 4.92 Å². The molecule has 1 aliphatic carbocycles. The quantitative estimate of drug-likeness (QED) is 0.647. The van der Waals surface area contributed by atoms with Gasteiger partial charge in [0, 0.05) is 18.2 Å². The Bertz CT molecular complexity index is 459. The number of non-ortho nitro benzene ring substituents is 1. The lowest BCUT2D eigenvalue weighted by Crippen LogP contribution is -2.27. The molecule has 1 N–H and O–H groups in total. The molecule has 1 fully saturated rings. The SMILES string of the molecule is CC(Nc1ccc([N+](=O)[O-])cc1Cl)C1CCCCC1. The van der Waals surface area contributed by atoms with Gasteiger partial charge in [-0.1, -0.05) is 30.9 Å². The van der Waals surface area contributed by atoms with Crippen molar-refractivity contribution in [1.82, 2.24) is 0 Å². The molecule has 0 spiro atoms. The molecular formula is C14H19ClN2O2. The maximum Gasteiger partial charge on any atom is 0.271 e. The molecular weight excluding hydrogens is 264 g/mol. The van der Waals surface area contributed by atoms with Gasteiger partial charge in [0.2, 0.25) is 0 Å². The number of hydrogen-bond donors (Lipinski definition) is 1. The summed E-state index contributed by atoms with van der Waals surface area (Å²) in [7, 11) is 0. The topological polar surface area (TPSA) is 55.2 Å². The van der Waals surface area contributed by atoms with Gasteiger partial charge in [-0.3, -0.25) is 10.1 Å². The summed E-state index contributed by atoms with van der Waals surface area (Å²) in [6, 6.07) is 4.93. The van der Waals surface area contributed by atoms with Crippen LogP contribution in [0.5, 0.6) is 0 Å². The zero-order chi connectivity index (χ0) is 13.8. The van der Waals surface area contributed by atoms with E-state index in [1.807, 2.05) is 0 Å². The van der Waals surface area contributed by atoms with E-state index in [9.17, 15) is 10.1 Å². The first kappa shape index (κ1) is 14.1. The first-order valence-corrected chi connectivity index (χ1v) is 7.16. The van der Waals surface area contributed by atoms with Crippen LogP contribution in [-0.4, -0.2) is 11.0 Å². The summed E-state index contributed by atoms with van der Waals surface area (Å²) in [6.45, 7) is 2.16. The number of hydrogen-bond acceptors (Lipinski definition) is 3. The van der Waals surface area contributed by atoms with Crippen molar-refractivity contribution in [1.29, 1.82) is 0 Å². The smallest absolute Gasteiger partial charge is 0.271 e. The van der Waals surface area contributed by atoms with Gasteiger partial charge in [-0.15, -0.1) is 0 Å². The molecule has 0 bridgehead atoms. The minimum atomic E-state index is -0.430. The van der Waals surface area contributed by atoms with Gasteiger partial charge in [0.1, 0.15) is 0 Å². The van der Waals surface area contributed by atoms with Crippen molar-refractivity contribution >= 4 is 23.0 Å². The molecule has 1 atom stereocenters. The average molecular weight is 283 g/mol. The third-order valence-electron chi connectivity index (χ3n) is 3.90. The van der Waals surface area contributed by atoms with E-state index >= 15 is 0 Å². The molecule has 1 aliphatic rings. The first-order chi connectivity index (χ1) is 9.08. The molecule has 1 aromatic rings. The second-order valence-corrected chi connectivity index (χ2v) is 5.66. The fourth-order valence-electron chi connectivity index (χ4n) is 2.73. The lowest BCUT2D eigenvalue weighted by Gasteiger charge is -2.29. The Morgan fingerprint density at radius 3 is 2.63 bits per heavy atom. The maximum absolute atomic E-state index is 10.7. The minimum absolute atomic E-state index is 0.0286. The van der Waals surface area contributed by atoms with Crippen molar-refractivity contribution in [3.8, 4) is 0 Å². The van der Waals surface area contributed by atoms with Gasteiger partial charge < -0.3 is 5.32 Å². The van der Waals surface area contributed by atoms with Gasteiger partial charge in [0.15, 0.2) is 0 Å². The molecule has 0 aromatic heterocycles. The molecule has 0 aliphatic heterocycles. The van der Waals surface area contributed by atoms with Crippen LogP contribution >= 0.6 is 11.6 Å². The largest absolute Gasteiger partial charge is 0.381 e. The van der Waals surface area contributed by atoms with E-state index in [4.69, 9.17) is 11.6 Å². The number of nitro groups is 1. The summed E-state index contributed by atoms with van der Waals surface area (Å²) in [5.74, 6) is 0.667. The van der Waals surface area contributed by atoms with Gasteiger partial charge in [0.25, 0.3) is 5.69 Å². The molecule has 0 heterocycles. The fourth-order valence-corrected chi connectivity index (χ4v) is 2.96. The van der Waals surface area contributed by atoms with Crippen LogP contribution in [0.3, 0.4) is 0 Å². The summed E-state index contributed by atoms with van der Waals surface area (Å²) < 4.78 is 0. The number of halogens is 1. The first-order valence-electron chi connectivity index (χ1n) is 6.78. The molecule has 1 saturated carbocycles. The van der Waals surface area contributed by atoms with Gasteiger partial charge in [-0.05, 0) is 31.7 Å². The minimum Gasteiger partial charge on any atom is -0.381 e. The van der Waals surface area contributed by atoms with E-state index in [0.717, 1.165) is 5.69 Å². The van der Waals surface area contributed by atoms with Gasteiger partial charge in [-0.25, -0.2) is 0 Å². The zero-order valence-electron chi connectivity index (χ0n) is 11.1. The molecule has 2 rings (SSSR count). The highest BCUT2D eigenvalue weighted by Gasteiger charge is 2.20. The highest BCUT2D eigenvalue weighted by molar-refractivity contribution is 6.33. The molecule has 1 unspecified atom stereocenters. The summed E-state index contributed by atoms with van der Waals surface area (Å²) in [5, 5.41) is 14.5. The van der Waals surface area contributed by atoms with E-state index in [2.05, 4.69) is 12.2 Å². The van der Waals surface area contributed by atoms with Crippen molar-refractivity contribution in [3.63, 3.8) is 0 Å². The van der Waals surface area contributed by atoms with Gasteiger partial charge in [-0.2, -0.15) is 0 Å². The third-order valence-corrected chi connectivity index (χ3v) is 4.22. The summed E-state index contributed by atoms with van der Waals surface area (Å²) >= 11 is 6.09. The predicted molar refractivity (Wildman–Crippen MR) is 77.8 cm³/mol. The average Bonchev–Trinajstić information content (AvgIpc) is 2.41. The highest BCUT2D eigenvalue weighted by Crippen LogP contribution is 2.31.